The Labute approximate surface area is 109 Å². The number of hydrogen-bond acceptors (Lipinski definition) is 2. The number of amides is 3. The molecule has 0 spiro atoms. The van der Waals surface area contributed by atoms with Gasteiger partial charge in [-0.15, -0.1) is 0 Å². The van der Waals surface area contributed by atoms with Gasteiger partial charge < -0.3 is 15.5 Å². The second kappa shape index (κ2) is 7.95. The molecule has 0 heterocycles. The summed E-state index contributed by atoms with van der Waals surface area (Å²) in [5.41, 5.74) is 0. The van der Waals surface area contributed by atoms with Gasteiger partial charge in [0.2, 0.25) is 5.91 Å². The molecule has 0 radical (unpaired) electrons. The van der Waals surface area contributed by atoms with Gasteiger partial charge in [0.1, 0.15) is 6.54 Å². The Hall–Kier alpha value is -1.26. The fourth-order valence-electron chi connectivity index (χ4n) is 2.14. The topological polar surface area (TPSA) is 61.4 Å². The molecular formula is C13H25N3O2. The van der Waals surface area contributed by atoms with Crippen molar-refractivity contribution >= 4 is 11.9 Å². The standard InChI is InChI=1S/C13H25N3O2/c1-3-9-14-12(17)10-16(2)13(18)15-11-7-5-4-6-8-11/h11H,3-10H2,1-2H3,(H,14,17)(H,15,18). The molecule has 5 heteroatoms. The number of likely N-dealkylation sites (N-methyl/N-ethyl adjacent to an activating group) is 1. The van der Waals surface area contributed by atoms with Gasteiger partial charge in [0, 0.05) is 19.6 Å². The van der Waals surface area contributed by atoms with Gasteiger partial charge in [0.05, 0.1) is 0 Å². The van der Waals surface area contributed by atoms with E-state index in [2.05, 4.69) is 10.6 Å². The summed E-state index contributed by atoms with van der Waals surface area (Å²) in [6.45, 7) is 2.79. The van der Waals surface area contributed by atoms with Crippen LogP contribution in [0.15, 0.2) is 0 Å². The third-order valence-electron chi connectivity index (χ3n) is 3.23. The Morgan fingerprint density at radius 3 is 2.50 bits per heavy atom. The Morgan fingerprint density at radius 2 is 1.89 bits per heavy atom. The number of nitrogens with zero attached hydrogens (tertiary/aromatic N) is 1. The van der Waals surface area contributed by atoms with Crippen LogP contribution in [0, 0.1) is 0 Å². The fraction of sp³-hybridized carbons (Fsp3) is 0.846. The van der Waals surface area contributed by atoms with Crippen molar-refractivity contribution in [1.29, 1.82) is 0 Å². The number of nitrogens with one attached hydrogen (secondary N) is 2. The highest BCUT2D eigenvalue weighted by Crippen LogP contribution is 2.17. The lowest BCUT2D eigenvalue weighted by Gasteiger charge is -2.26. The van der Waals surface area contributed by atoms with Gasteiger partial charge in [-0.05, 0) is 19.3 Å². The maximum atomic E-state index is 11.9. The summed E-state index contributed by atoms with van der Waals surface area (Å²) in [4.78, 5) is 24.8. The van der Waals surface area contributed by atoms with Crippen LogP contribution in [0.4, 0.5) is 4.79 Å². The lowest BCUT2D eigenvalue weighted by molar-refractivity contribution is -0.121. The van der Waals surface area contributed by atoms with E-state index >= 15 is 0 Å². The van der Waals surface area contributed by atoms with E-state index in [4.69, 9.17) is 0 Å². The third kappa shape index (κ3) is 5.38. The average molecular weight is 255 g/mol. The number of rotatable bonds is 5. The van der Waals surface area contributed by atoms with Gasteiger partial charge in [-0.25, -0.2) is 4.79 Å². The number of hydrogen-bond donors (Lipinski definition) is 2. The van der Waals surface area contributed by atoms with Crippen molar-refractivity contribution in [2.45, 2.75) is 51.5 Å². The monoisotopic (exact) mass is 255 g/mol. The molecule has 5 nitrogen and oxygen atoms in total. The normalized spacial score (nSPS) is 16.1. The lowest BCUT2D eigenvalue weighted by Crippen LogP contribution is -2.47. The molecule has 0 aliphatic heterocycles. The van der Waals surface area contributed by atoms with Crippen molar-refractivity contribution in [3.63, 3.8) is 0 Å². The summed E-state index contributed by atoms with van der Waals surface area (Å²) >= 11 is 0. The van der Waals surface area contributed by atoms with E-state index in [0.717, 1.165) is 19.3 Å². The highest BCUT2D eigenvalue weighted by atomic mass is 16.2. The van der Waals surface area contributed by atoms with Crippen molar-refractivity contribution in [3.05, 3.63) is 0 Å². The molecule has 18 heavy (non-hydrogen) atoms. The van der Waals surface area contributed by atoms with E-state index < -0.39 is 0 Å². The van der Waals surface area contributed by atoms with Crippen LogP contribution in [0.3, 0.4) is 0 Å². The summed E-state index contributed by atoms with van der Waals surface area (Å²) in [6, 6.07) is 0.140. The van der Waals surface area contributed by atoms with Gasteiger partial charge in [-0.1, -0.05) is 26.2 Å². The van der Waals surface area contributed by atoms with Crippen LogP contribution in [0.25, 0.3) is 0 Å². The van der Waals surface area contributed by atoms with Gasteiger partial charge >= 0.3 is 6.03 Å². The molecule has 0 bridgehead atoms. The first-order valence-electron chi connectivity index (χ1n) is 6.91. The van der Waals surface area contributed by atoms with Gasteiger partial charge in [-0.3, -0.25) is 4.79 Å². The fourth-order valence-corrected chi connectivity index (χ4v) is 2.14. The summed E-state index contributed by atoms with van der Waals surface area (Å²) in [7, 11) is 1.66. The molecule has 0 aromatic carbocycles. The Balaban J connectivity index is 2.25. The summed E-state index contributed by atoms with van der Waals surface area (Å²) in [6.07, 6.45) is 6.66. The first-order chi connectivity index (χ1) is 8.63. The molecule has 0 unspecified atom stereocenters. The highest BCUT2D eigenvalue weighted by Gasteiger charge is 2.18. The van der Waals surface area contributed by atoms with Crippen LogP contribution < -0.4 is 10.6 Å². The van der Waals surface area contributed by atoms with Crippen molar-refractivity contribution in [2.75, 3.05) is 20.1 Å². The van der Waals surface area contributed by atoms with Gasteiger partial charge in [-0.2, -0.15) is 0 Å². The van der Waals surface area contributed by atoms with Gasteiger partial charge in [0.15, 0.2) is 0 Å². The van der Waals surface area contributed by atoms with Crippen LogP contribution in [0.5, 0.6) is 0 Å². The van der Waals surface area contributed by atoms with E-state index in [9.17, 15) is 9.59 Å². The summed E-state index contributed by atoms with van der Waals surface area (Å²) in [5.74, 6) is -0.0989. The first kappa shape index (κ1) is 14.8. The zero-order chi connectivity index (χ0) is 13.4. The average Bonchev–Trinajstić information content (AvgIpc) is 2.37. The molecule has 1 aliphatic carbocycles. The third-order valence-corrected chi connectivity index (χ3v) is 3.23. The van der Waals surface area contributed by atoms with Gasteiger partial charge in [0.25, 0.3) is 0 Å². The van der Waals surface area contributed by atoms with Crippen LogP contribution in [0.1, 0.15) is 45.4 Å². The minimum absolute atomic E-state index is 0.0989. The maximum absolute atomic E-state index is 11.9. The van der Waals surface area contributed by atoms with Crippen LogP contribution in [-0.2, 0) is 4.79 Å². The van der Waals surface area contributed by atoms with E-state index in [1.807, 2.05) is 6.92 Å². The second-order valence-corrected chi connectivity index (χ2v) is 4.99. The molecule has 104 valence electrons. The molecule has 0 saturated heterocycles. The highest BCUT2D eigenvalue weighted by molar-refractivity contribution is 5.83. The predicted octanol–water partition coefficient (Wildman–Crippen LogP) is 1.49. The second-order valence-electron chi connectivity index (χ2n) is 4.99. The van der Waals surface area contributed by atoms with E-state index in [1.165, 1.54) is 24.2 Å². The van der Waals surface area contributed by atoms with Crippen LogP contribution in [-0.4, -0.2) is 43.0 Å². The van der Waals surface area contributed by atoms with Crippen LogP contribution >= 0.6 is 0 Å². The van der Waals surface area contributed by atoms with Crippen LogP contribution in [0.2, 0.25) is 0 Å². The predicted molar refractivity (Wildman–Crippen MR) is 71.3 cm³/mol. The Bertz CT molecular complexity index is 275. The maximum Gasteiger partial charge on any atom is 0.317 e. The zero-order valence-electron chi connectivity index (χ0n) is 11.5. The molecule has 0 atom stereocenters. The molecule has 3 amide bonds. The van der Waals surface area contributed by atoms with E-state index in [0.29, 0.717) is 6.54 Å². The molecule has 0 aromatic heterocycles. The molecule has 1 fully saturated rings. The summed E-state index contributed by atoms with van der Waals surface area (Å²) in [5, 5.41) is 5.75. The quantitative estimate of drug-likeness (QED) is 0.782. The molecule has 1 aliphatic rings. The van der Waals surface area contributed by atoms with Crippen molar-refractivity contribution in [1.82, 2.24) is 15.5 Å². The molecular weight excluding hydrogens is 230 g/mol. The lowest BCUT2D eigenvalue weighted by atomic mass is 9.96. The molecule has 1 rings (SSSR count). The number of carbonyl (C=O) groups excluding carboxylic acids is 2. The first-order valence-corrected chi connectivity index (χ1v) is 6.91. The zero-order valence-corrected chi connectivity index (χ0v) is 11.5. The minimum atomic E-state index is -0.145. The molecule has 2 N–H and O–H groups in total. The van der Waals surface area contributed by atoms with E-state index in [-0.39, 0.29) is 24.5 Å². The van der Waals surface area contributed by atoms with Crippen molar-refractivity contribution in [3.8, 4) is 0 Å². The summed E-state index contributed by atoms with van der Waals surface area (Å²) < 4.78 is 0. The minimum Gasteiger partial charge on any atom is -0.355 e. The Kier molecular flexibility index (Phi) is 6.54. The van der Waals surface area contributed by atoms with Crippen molar-refractivity contribution < 1.29 is 9.59 Å². The number of carbonyl (C=O) groups is 2. The number of urea groups is 1. The molecule has 1 saturated carbocycles. The van der Waals surface area contributed by atoms with E-state index in [1.54, 1.807) is 7.05 Å². The SMILES string of the molecule is CCCNC(=O)CN(C)C(=O)NC1CCCCC1. The molecule has 0 aromatic rings. The van der Waals surface area contributed by atoms with Crippen molar-refractivity contribution in [2.24, 2.45) is 0 Å². The smallest absolute Gasteiger partial charge is 0.317 e. The Morgan fingerprint density at radius 1 is 1.22 bits per heavy atom. The largest absolute Gasteiger partial charge is 0.355 e.